The fourth-order valence-corrected chi connectivity index (χ4v) is 13.8. The first-order valence-corrected chi connectivity index (χ1v) is 26.7. The average Bonchev–Trinajstić information content (AvgIpc) is 4.42. The second-order valence-electron chi connectivity index (χ2n) is 22.4. The van der Waals surface area contributed by atoms with Crippen LogP contribution in [-0.2, 0) is 5.41 Å². The first kappa shape index (κ1) is 41.6. The summed E-state index contributed by atoms with van der Waals surface area (Å²) < 4.78 is 29.1. The van der Waals surface area contributed by atoms with Crippen molar-refractivity contribution in [2.24, 2.45) is 0 Å². The van der Waals surface area contributed by atoms with Gasteiger partial charge in [-0.3, -0.25) is 0 Å². The van der Waals surface area contributed by atoms with Gasteiger partial charge < -0.3 is 27.3 Å². The summed E-state index contributed by atoms with van der Waals surface area (Å²) in [5.74, 6) is 1.75. The molecular weight excluding hydrogens is 942 g/mol. The van der Waals surface area contributed by atoms with Gasteiger partial charge in [0.05, 0.1) is 43.9 Å². The maximum atomic E-state index is 7.36. The Labute approximate surface area is 441 Å². The zero-order chi connectivity index (χ0) is 50.6. The molecule has 0 N–H and O–H groups in total. The minimum atomic E-state index is -0.148. The van der Waals surface area contributed by atoms with E-state index in [0.717, 1.165) is 111 Å². The fourth-order valence-electron chi connectivity index (χ4n) is 13.8. The van der Waals surface area contributed by atoms with E-state index in [1.54, 1.807) is 0 Å². The van der Waals surface area contributed by atoms with E-state index < -0.39 is 0 Å². The highest BCUT2D eigenvalue weighted by molar-refractivity contribution is 6.99. The normalized spacial score (nSPS) is 13.2. The van der Waals surface area contributed by atoms with Gasteiger partial charge in [0.25, 0.3) is 6.71 Å². The van der Waals surface area contributed by atoms with Gasteiger partial charge in [-0.25, -0.2) is 0 Å². The second-order valence-corrected chi connectivity index (χ2v) is 22.4. The SMILES string of the molecule is CC(C)(C)c1ccc2c(c1)B1c3c(cc(-c4ccccc4)cc3-n3c4ccc5c6cc(-n7c8ccccc8c8ccccc87)ccc6oc5c4c4c5oc6ccc(-n7c8ccccc8c8ccccc87)cc6c5cc1c43)O2. The third-order valence-corrected chi connectivity index (χ3v) is 17.2. The molecule has 0 spiro atoms. The fraction of sp³-hybridized carbons (Fsp3) is 0.0571. The maximum Gasteiger partial charge on any atom is 0.256 e. The molecule has 77 heavy (non-hydrogen) atoms. The van der Waals surface area contributed by atoms with Crippen molar-refractivity contribution in [1.29, 1.82) is 0 Å². The van der Waals surface area contributed by atoms with Gasteiger partial charge in [-0.1, -0.05) is 142 Å². The third kappa shape index (κ3) is 5.45. The molecule has 0 unspecified atom stereocenters. The Bertz CT molecular complexity index is 5200. The molecule has 0 amide bonds. The molecule has 7 heteroatoms. The van der Waals surface area contributed by atoms with Gasteiger partial charge in [0.2, 0.25) is 0 Å². The van der Waals surface area contributed by atoms with Gasteiger partial charge in [0.1, 0.15) is 33.8 Å². The maximum absolute atomic E-state index is 7.36. The molecule has 18 rings (SSSR count). The third-order valence-electron chi connectivity index (χ3n) is 17.2. The Morgan fingerprint density at radius 1 is 0.377 bits per heavy atom. The largest absolute Gasteiger partial charge is 0.458 e. The topological polar surface area (TPSA) is 50.3 Å². The van der Waals surface area contributed by atoms with E-state index in [1.807, 2.05) is 0 Å². The van der Waals surface area contributed by atoms with Crippen LogP contribution >= 0.6 is 0 Å². The lowest BCUT2D eigenvalue weighted by atomic mass is 9.34. The van der Waals surface area contributed by atoms with Crippen molar-refractivity contribution in [2.45, 2.75) is 26.2 Å². The van der Waals surface area contributed by atoms with Crippen molar-refractivity contribution >= 4 is 132 Å². The Kier molecular flexibility index (Phi) is 7.87. The van der Waals surface area contributed by atoms with Crippen molar-refractivity contribution in [3.8, 4) is 39.7 Å². The summed E-state index contributed by atoms with van der Waals surface area (Å²) in [5.41, 5.74) is 20.4. The van der Waals surface area contributed by atoms with E-state index in [4.69, 9.17) is 13.6 Å². The van der Waals surface area contributed by atoms with Crippen LogP contribution in [0.3, 0.4) is 0 Å². The van der Waals surface area contributed by atoms with E-state index >= 15 is 0 Å². The molecule has 7 heterocycles. The lowest BCUT2D eigenvalue weighted by molar-refractivity contribution is 0.486. The first-order chi connectivity index (χ1) is 37.8. The zero-order valence-electron chi connectivity index (χ0n) is 42.4. The van der Waals surface area contributed by atoms with Crippen LogP contribution in [0.2, 0.25) is 0 Å². The molecule has 5 aromatic heterocycles. The summed E-state index contributed by atoms with van der Waals surface area (Å²) in [4.78, 5) is 0. The number of hydrogen-bond acceptors (Lipinski definition) is 3. The van der Waals surface area contributed by atoms with Crippen LogP contribution in [0.1, 0.15) is 26.3 Å². The molecule has 0 bridgehead atoms. The summed E-state index contributed by atoms with van der Waals surface area (Å²) in [6, 6.07) is 77.5. The monoisotopic (exact) mass is 985 g/mol. The zero-order valence-corrected chi connectivity index (χ0v) is 42.4. The molecule has 0 radical (unpaired) electrons. The van der Waals surface area contributed by atoms with Gasteiger partial charge in [0, 0.05) is 60.2 Å². The Morgan fingerprint density at radius 2 is 0.935 bits per heavy atom. The Morgan fingerprint density at radius 3 is 1.53 bits per heavy atom. The molecule has 2 aliphatic heterocycles. The molecule has 0 fully saturated rings. The lowest BCUT2D eigenvalue weighted by Gasteiger charge is -2.34. The van der Waals surface area contributed by atoms with Gasteiger partial charge in [-0.05, 0) is 129 Å². The molecule has 2 aliphatic rings. The van der Waals surface area contributed by atoms with Crippen LogP contribution in [0.15, 0.2) is 221 Å². The van der Waals surface area contributed by atoms with Crippen LogP contribution in [0.4, 0.5) is 0 Å². The minimum Gasteiger partial charge on any atom is -0.458 e. The van der Waals surface area contributed by atoms with Crippen LogP contribution < -0.4 is 21.1 Å². The van der Waals surface area contributed by atoms with Crippen LogP contribution in [0.5, 0.6) is 11.5 Å². The molecule has 0 saturated carbocycles. The molecule has 16 aromatic rings. The molecule has 360 valence electrons. The van der Waals surface area contributed by atoms with Crippen LogP contribution in [0.25, 0.3) is 137 Å². The number of hydrogen-bond donors (Lipinski definition) is 0. The Balaban J connectivity index is 0.987. The van der Waals surface area contributed by atoms with Gasteiger partial charge >= 0.3 is 0 Å². The molecule has 6 nitrogen and oxygen atoms in total. The number of ether oxygens (including phenoxy) is 1. The Hall–Kier alpha value is -9.72. The first-order valence-electron chi connectivity index (χ1n) is 26.7. The molecule has 11 aromatic carbocycles. The van der Waals surface area contributed by atoms with Gasteiger partial charge in [-0.15, -0.1) is 0 Å². The van der Waals surface area contributed by atoms with E-state index in [1.165, 1.54) is 60.1 Å². The number of aromatic nitrogens is 3. The predicted octanol–water partition coefficient (Wildman–Crippen LogP) is 16.7. The molecule has 0 saturated heterocycles. The summed E-state index contributed by atoms with van der Waals surface area (Å²) >= 11 is 0. The van der Waals surface area contributed by atoms with E-state index in [9.17, 15) is 0 Å². The average molecular weight is 986 g/mol. The highest BCUT2D eigenvalue weighted by Gasteiger charge is 2.43. The standard InChI is InChI=1S/C70H44BN3O3/c1-70(2,3)41-25-30-62-52(35-41)71-53-38-51-50-37-43(73-56-23-13-9-19-46(56)47-20-10-14-24-57(47)73)27-32-61(50)77-69(51)65-64-58(74(67(53)65)59-33-40(34-63(75-62)66(59)71)39-15-5-4-6-16-39)29-28-48-49-36-42(26-31-60(49)76-68(48)64)72-54-21-11-7-17-44(54)45-18-8-12-22-55(45)72/h4-38H,1-3H3. The van der Waals surface area contributed by atoms with Crippen molar-refractivity contribution in [2.75, 3.05) is 0 Å². The van der Waals surface area contributed by atoms with Crippen LogP contribution in [0, 0.1) is 0 Å². The number of furan rings is 2. The van der Waals surface area contributed by atoms with Gasteiger partial charge in [0.15, 0.2) is 0 Å². The van der Waals surface area contributed by atoms with Crippen molar-refractivity contribution in [3.05, 3.63) is 218 Å². The van der Waals surface area contributed by atoms with Crippen molar-refractivity contribution in [1.82, 2.24) is 13.7 Å². The van der Waals surface area contributed by atoms with Crippen molar-refractivity contribution < 1.29 is 13.6 Å². The number of rotatable bonds is 3. The molecule has 0 atom stereocenters. The number of nitrogens with zero attached hydrogens (tertiary/aromatic N) is 3. The van der Waals surface area contributed by atoms with Gasteiger partial charge in [-0.2, -0.15) is 0 Å². The van der Waals surface area contributed by atoms with Crippen molar-refractivity contribution in [3.63, 3.8) is 0 Å². The highest BCUT2D eigenvalue weighted by atomic mass is 16.5. The quantitative estimate of drug-likeness (QED) is 0.166. The summed E-state index contributed by atoms with van der Waals surface area (Å²) in [6.07, 6.45) is 0. The number of benzene rings is 11. The van der Waals surface area contributed by atoms with Crippen LogP contribution in [-0.4, -0.2) is 20.4 Å². The minimum absolute atomic E-state index is 0.0869. The summed E-state index contributed by atoms with van der Waals surface area (Å²) in [6.45, 7) is 6.74. The highest BCUT2D eigenvalue weighted by Crippen LogP contribution is 2.48. The lowest BCUT2D eigenvalue weighted by Crippen LogP contribution is -2.58. The van der Waals surface area contributed by atoms with E-state index in [-0.39, 0.29) is 12.1 Å². The molecular formula is C70H44BN3O3. The summed E-state index contributed by atoms with van der Waals surface area (Å²) in [5, 5.41) is 11.3. The number of para-hydroxylation sites is 4. The van der Waals surface area contributed by atoms with E-state index in [0.29, 0.717) is 0 Å². The molecule has 0 aliphatic carbocycles. The predicted molar refractivity (Wildman–Crippen MR) is 319 cm³/mol. The van der Waals surface area contributed by atoms with E-state index in [2.05, 4.69) is 247 Å². The number of fused-ring (bicyclic) bond motifs is 21. The second kappa shape index (κ2) is 14.6. The smallest absolute Gasteiger partial charge is 0.256 e. The summed E-state index contributed by atoms with van der Waals surface area (Å²) in [7, 11) is 0.